The smallest absolute Gasteiger partial charge is 0.119 e. The number of ether oxygens (including phenoxy) is 1. The molecule has 0 amide bonds. The molecule has 2 atom stereocenters. The van der Waals surface area contributed by atoms with Gasteiger partial charge in [-0.3, -0.25) is 4.90 Å². The van der Waals surface area contributed by atoms with Gasteiger partial charge in [-0.05, 0) is 56.5 Å². The summed E-state index contributed by atoms with van der Waals surface area (Å²) in [6, 6.07) is 9.09. The highest BCUT2D eigenvalue weighted by Gasteiger charge is 2.28. The Morgan fingerprint density at radius 3 is 2.86 bits per heavy atom. The van der Waals surface area contributed by atoms with Crippen molar-refractivity contribution in [2.24, 2.45) is 5.73 Å². The number of likely N-dealkylation sites (tertiary alicyclic amines) is 1. The Hall–Kier alpha value is -1.06. The second-order valence-electron chi connectivity index (χ2n) is 6.06. The Morgan fingerprint density at radius 1 is 1.24 bits per heavy atom. The van der Waals surface area contributed by atoms with Crippen LogP contribution >= 0.6 is 0 Å². The third-order valence-corrected chi connectivity index (χ3v) is 4.22. The first-order valence-electron chi connectivity index (χ1n) is 8.48. The molecule has 0 bridgehead atoms. The first kappa shape index (κ1) is 16.3. The van der Waals surface area contributed by atoms with Crippen LogP contribution in [0.3, 0.4) is 0 Å². The van der Waals surface area contributed by atoms with Crippen molar-refractivity contribution in [3.8, 4) is 5.75 Å². The van der Waals surface area contributed by atoms with Crippen molar-refractivity contribution in [1.82, 2.24) is 4.90 Å². The van der Waals surface area contributed by atoms with Crippen LogP contribution in [0.15, 0.2) is 24.3 Å². The zero-order chi connectivity index (χ0) is 15.1. The maximum absolute atomic E-state index is 6.50. The van der Waals surface area contributed by atoms with Crippen molar-refractivity contribution in [3.05, 3.63) is 29.8 Å². The van der Waals surface area contributed by atoms with Gasteiger partial charge in [0.1, 0.15) is 5.75 Å². The molecule has 3 heteroatoms. The highest BCUT2D eigenvalue weighted by molar-refractivity contribution is 5.31. The van der Waals surface area contributed by atoms with E-state index in [0.717, 1.165) is 38.3 Å². The number of nitrogens with two attached hydrogens (primary N) is 1. The lowest BCUT2D eigenvalue weighted by Gasteiger charge is -2.33. The fraction of sp³-hybridized carbons (Fsp3) is 0.667. The molecule has 1 aromatic carbocycles. The molecule has 2 unspecified atom stereocenters. The Kier molecular flexibility index (Phi) is 6.52. The van der Waals surface area contributed by atoms with Crippen LogP contribution in [0.1, 0.15) is 57.6 Å². The van der Waals surface area contributed by atoms with Crippen LogP contribution in [0.4, 0.5) is 0 Å². The zero-order valence-corrected chi connectivity index (χ0v) is 13.6. The van der Waals surface area contributed by atoms with E-state index < -0.39 is 0 Å². The van der Waals surface area contributed by atoms with Gasteiger partial charge in [0.2, 0.25) is 0 Å². The number of nitrogens with zero attached hydrogens (tertiary/aromatic N) is 1. The minimum absolute atomic E-state index is 0.223. The van der Waals surface area contributed by atoms with Gasteiger partial charge in [0.15, 0.2) is 0 Å². The van der Waals surface area contributed by atoms with Crippen LogP contribution in [-0.2, 0) is 0 Å². The monoisotopic (exact) mass is 290 g/mol. The first-order chi connectivity index (χ1) is 10.3. The number of hydrogen-bond donors (Lipinski definition) is 1. The minimum atomic E-state index is 0.223. The fourth-order valence-corrected chi connectivity index (χ4v) is 3.27. The van der Waals surface area contributed by atoms with Crippen LogP contribution < -0.4 is 10.5 Å². The van der Waals surface area contributed by atoms with E-state index >= 15 is 0 Å². The molecule has 0 saturated carbocycles. The molecule has 1 saturated heterocycles. The molecule has 118 valence electrons. The third-order valence-electron chi connectivity index (χ3n) is 4.22. The van der Waals surface area contributed by atoms with E-state index in [4.69, 9.17) is 10.5 Å². The van der Waals surface area contributed by atoms with E-state index in [9.17, 15) is 0 Å². The van der Waals surface area contributed by atoms with Crippen LogP contribution in [0.2, 0.25) is 0 Å². The normalized spacial score (nSPS) is 23.8. The van der Waals surface area contributed by atoms with Crippen molar-refractivity contribution >= 4 is 0 Å². The van der Waals surface area contributed by atoms with Crippen LogP contribution in [0.5, 0.6) is 5.75 Å². The molecule has 21 heavy (non-hydrogen) atoms. The second-order valence-corrected chi connectivity index (χ2v) is 6.06. The molecule has 1 aliphatic rings. The molecule has 2 rings (SSSR count). The van der Waals surface area contributed by atoms with Gasteiger partial charge >= 0.3 is 0 Å². The number of benzene rings is 1. The van der Waals surface area contributed by atoms with Crippen LogP contribution in [0, 0.1) is 0 Å². The average molecular weight is 290 g/mol. The lowest BCUT2D eigenvalue weighted by atomic mass is 9.96. The molecule has 2 N–H and O–H groups in total. The van der Waals surface area contributed by atoms with Crippen molar-refractivity contribution < 1.29 is 4.74 Å². The van der Waals surface area contributed by atoms with Crippen LogP contribution in [0.25, 0.3) is 0 Å². The lowest BCUT2D eigenvalue weighted by molar-refractivity contribution is 0.185. The van der Waals surface area contributed by atoms with Gasteiger partial charge in [0.25, 0.3) is 0 Å². The Bertz CT molecular complexity index is 421. The predicted molar refractivity (Wildman–Crippen MR) is 88.7 cm³/mol. The Morgan fingerprint density at radius 2 is 2.10 bits per heavy atom. The summed E-state index contributed by atoms with van der Waals surface area (Å²) in [4.78, 5) is 2.57. The first-order valence-corrected chi connectivity index (χ1v) is 8.48. The molecule has 0 radical (unpaired) electrons. The minimum Gasteiger partial charge on any atom is -0.494 e. The number of hydrogen-bond acceptors (Lipinski definition) is 3. The summed E-state index contributed by atoms with van der Waals surface area (Å²) in [5, 5.41) is 0. The number of rotatable bonds is 6. The van der Waals surface area contributed by atoms with E-state index in [-0.39, 0.29) is 6.04 Å². The summed E-state index contributed by atoms with van der Waals surface area (Å²) >= 11 is 0. The molecule has 0 aromatic heterocycles. The van der Waals surface area contributed by atoms with Gasteiger partial charge in [0.05, 0.1) is 12.6 Å². The van der Waals surface area contributed by atoms with E-state index in [1.165, 1.54) is 24.8 Å². The quantitative estimate of drug-likeness (QED) is 0.867. The molecule has 1 aromatic rings. The van der Waals surface area contributed by atoms with E-state index in [0.29, 0.717) is 6.04 Å². The van der Waals surface area contributed by atoms with Crippen LogP contribution in [-0.4, -0.2) is 30.6 Å². The van der Waals surface area contributed by atoms with E-state index in [1.54, 1.807) is 0 Å². The van der Waals surface area contributed by atoms with Crippen molar-refractivity contribution in [3.63, 3.8) is 0 Å². The topological polar surface area (TPSA) is 38.5 Å². The summed E-state index contributed by atoms with van der Waals surface area (Å²) in [6.45, 7) is 7.44. The SMILES string of the molecule is CCCOc1cccc(C2C(N)CCCCN2CCC)c1. The van der Waals surface area contributed by atoms with Gasteiger partial charge in [0, 0.05) is 6.04 Å². The molecule has 0 aliphatic carbocycles. The summed E-state index contributed by atoms with van der Waals surface area (Å²) in [5.41, 5.74) is 7.81. The summed E-state index contributed by atoms with van der Waals surface area (Å²) in [5.74, 6) is 0.974. The highest BCUT2D eigenvalue weighted by atomic mass is 16.5. The molecular weight excluding hydrogens is 260 g/mol. The summed E-state index contributed by atoms with van der Waals surface area (Å²) in [7, 11) is 0. The second kappa shape index (κ2) is 8.40. The maximum atomic E-state index is 6.50. The van der Waals surface area contributed by atoms with Gasteiger partial charge in [-0.25, -0.2) is 0 Å². The molecule has 1 fully saturated rings. The predicted octanol–water partition coefficient (Wildman–Crippen LogP) is 3.74. The van der Waals surface area contributed by atoms with E-state index in [1.807, 2.05) is 6.07 Å². The third kappa shape index (κ3) is 4.45. The van der Waals surface area contributed by atoms with Crippen molar-refractivity contribution in [2.75, 3.05) is 19.7 Å². The van der Waals surface area contributed by atoms with Gasteiger partial charge in [-0.15, -0.1) is 0 Å². The Balaban J connectivity index is 2.21. The molecule has 3 nitrogen and oxygen atoms in total. The zero-order valence-electron chi connectivity index (χ0n) is 13.6. The largest absolute Gasteiger partial charge is 0.494 e. The van der Waals surface area contributed by atoms with Gasteiger partial charge < -0.3 is 10.5 Å². The lowest BCUT2D eigenvalue weighted by Crippen LogP contribution is -2.40. The molecule has 1 heterocycles. The Labute approximate surface area is 129 Å². The van der Waals surface area contributed by atoms with Crippen molar-refractivity contribution in [2.45, 2.75) is 58.0 Å². The summed E-state index contributed by atoms with van der Waals surface area (Å²) < 4.78 is 5.79. The molecule has 1 aliphatic heterocycles. The highest BCUT2D eigenvalue weighted by Crippen LogP contribution is 2.31. The van der Waals surface area contributed by atoms with E-state index in [2.05, 4.69) is 36.9 Å². The maximum Gasteiger partial charge on any atom is 0.119 e. The van der Waals surface area contributed by atoms with Gasteiger partial charge in [-0.2, -0.15) is 0 Å². The molecular formula is C18H30N2O. The van der Waals surface area contributed by atoms with Crippen molar-refractivity contribution in [1.29, 1.82) is 0 Å². The fourth-order valence-electron chi connectivity index (χ4n) is 3.27. The standard InChI is InChI=1S/C18H30N2O/c1-3-11-20-12-6-5-10-17(19)18(20)15-8-7-9-16(14-15)21-13-4-2/h7-9,14,17-18H,3-6,10-13,19H2,1-2H3. The average Bonchev–Trinajstić information content (AvgIpc) is 2.67. The summed E-state index contributed by atoms with van der Waals surface area (Å²) in [6.07, 6.45) is 5.83. The van der Waals surface area contributed by atoms with Gasteiger partial charge in [-0.1, -0.05) is 32.4 Å². The molecule has 0 spiro atoms.